The average molecular weight is 793 g/mol. The summed E-state index contributed by atoms with van der Waals surface area (Å²) in [6, 6.07) is 17.7. The van der Waals surface area contributed by atoms with E-state index in [0.29, 0.717) is 46.0 Å². The van der Waals surface area contributed by atoms with Gasteiger partial charge in [0, 0.05) is 24.3 Å². The zero-order chi connectivity index (χ0) is 41.5. The van der Waals surface area contributed by atoms with Crippen molar-refractivity contribution in [3.8, 4) is 46.0 Å². The number of hydrogen-bond donors (Lipinski definition) is 0. The first kappa shape index (κ1) is 42.9. The lowest BCUT2D eigenvalue weighted by molar-refractivity contribution is -0.0642. The molecular weight excluding hydrogens is 748 g/mol. The largest absolute Gasteiger partial charge is 0.497 e. The third kappa shape index (κ3) is 11.6. The Balaban J connectivity index is 1.75. The van der Waals surface area contributed by atoms with Gasteiger partial charge in [-0.3, -0.25) is 0 Å². The van der Waals surface area contributed by atoms with Crippen molar-refractivity contribution in [3.63, 3.8) is 0 Å². The first-order chi connectivity index (χ1) is 27.4. The normalized spacial score (nSPS) is 10.7. The van der Waals surface area contributed by atoms with Gasteiger partial charge < -0.3 is 56.8 Å². The molecule has 4 rings (SSSR count). The molecule has 0 N–H and O–H groups in total. The molecule has 304 valence electrons. The molecule has 16 nitrogen and oxygen atoms in total. The van der Waals surface area contributed by atoms with Crippen molar-refractivity contribution >= 4 is 23.9 Å². The van der Waals surface area contributed by atoms with Gasteiger partial charge in [-0.05, 0) is 48.5 Å². The lowest BCUT2D eigenvalue weighted by Gasteiger charge is -2.31. The quantitative estimate of drug-likeness (QED) is 0.0812. The highest BCUT2D eigenvalue weighted by atomic mass is 16.6. The van der Waals surface area contributed by atoms with E-state index in [4.69, 9.17) is 56.8 Å². The predicted octanol–water partition coefficient (Wildman–Crippen LogP) is 5.47. The number of carbonyl (C=O) groups excluding carboxylic acids is 4. The van der Waals surface area contributed by atoms with Crippen LogP contribution in [-0.4, -0.2) is 107 Å². The summed E-state index contributed by atoms with van der Waals surface area (Å²) in [5.41, 5.74) is -1.56. The molecule has 0 bridgehead atoms. The maximum atomic E-state index is 13.6. The molecule has 0 spiro atoms. The first-order valence-electron chi connectivity index (χ1n) is 17.0. The summed E-state index contributed by atoms with van der Waals surface area (Å²) >= 11 is 0. The number of benzene rings is 4. The van der Waals surface area contributed by atoms with Crippen LogP contribution in [0.15, 0.2) is 72.8 Å². The Morgan fingerprint density at radius 2 is 0.474 bits per heavy atom. The molecule has 0 radical (unpaired) electrons. The minimum atomic E-state index is -1.73. The molecule has 0 aliphatic rings. The van der Waals surface area contributed by atoms with E-state index >= 15 is 0 Å². The van der Waals surface area contributed by atoms with Crippen molar-refractivity contribution in [2.45, 2.75) is 0 Å². The SMILES string of the molecule is COc1cc(OC)cc(C(=O)OCC(COC(=O)c2cc(OC)cc(OC)c2)(COC(=O)c2cc(OC)cc(OC)c2)COC(=O)c2cc(OC)cc(OC)c2)c1. The topological polar surface area (TPSA) is 179 Å². The fraction of sp³-hybridized carbons (Fsp3) is 0.317. The standard InChI is InChI=1S/C41H44O16/c1-46-29-9-25(10-30(17-29)47-2)37(42)54-21-41(22-55-38(43)26-11-31(48-3)18-32(12-26)49-4,23-56-39(44)27-13-33(50-5)19-34(14-27)51-6)24-57-40(45)28-15-35(52-7)20-36(16-28)53-8/h9-20H,21-24H2,1-8H3. The summed E-state index contributed by atoms with van der Waals surface area (Å²) < 4.78 is 65.5. The number of ether oxygens (including phenoxy) is 12. The van der Waals surface area contributed by atoms with E-state index in [9.17, 15) is 19.2 Å². The van der Waals surface area contributed by atoms with E-state index in [1.165, 1.54) is 105 Å². The van der Waals surface area contributed by atoms with Gasteiger partial charge >= 0.3 is 23.9 Å². The smallest absolute Gasteiger partial charge is 0.338 e. The van der Waals surface area contributed by atoms with Crippen LogP contribution in [0.3, 0.4) is 0 Å². The number of esters is 4. The average Bonchev–Trinajstić information content (AvgIpc) is 3.26. The van der Waals surface area contributed by atoms with Crippen LogP contribution in [0.1, 0.15) is 41.4 Å². The van der Waals surface area contributed by atoms with Crippen molar-refractivity contribution in [1.29, 1.82) is 0 Å². The van der Waals surface area contributed by atoms with Crippen LogP contribution in [0.2, 0.25) is 0 Å². The summed E-state index contributed by atoms with van der Waals surface area (Å²) in [6.45, 7) is -2.43. The van der Waals surface area contributed by atoms with Crippen molar-refractivity contribution in [1.82, 2.24) is 0 Å². The van der Waals surface area contributed by atoms with Gasteiger partial charge in [0.1, 0.15) is 77.8 Å². The van der Waals surface area contributed by atoms with E-state index in [0.717, 1.165) is 0 Å². The fourth-order valence-corrected chi connectivity index (χ4v) is 5.16. The number of rotatable bonds is 20. The minimum absolute atomic E-state index is 0.0431. The molecule has 0 aliphatic carbocycles. The molecule has 0 amide bonds. The monoisotopic (exact) mass is 792 g/mol. The zero-order valence-corrected chi connectivity index (χ0v) is 32.8. The highest BCUT2D eigenvalue weighted by Gasteiger charge is 2.39. The van der Waals surface area contributed by atoms with Crippen LogP contribution >= 0.6 is 0 Å². The molecule has 16 heteroatoms. The maximum absolute atomic E-state index is 13.6. The molecular formula is C41H44O16. The number of hydrogen-bond acceptors (Lipinski definition) is 16. The van der Waals surface area contributed by atoms with Crippen LogP contribution in [0.5, 0.6) is 46.0 Å². The number of methoxy groups -OCH3 is 8. The van der Waals surface area contributed by atoms with Gasteiger partial charge in [0.15, 0.2) is 0 Å². The summed E-state index contributed by atoms with van der Waals surface area (Å²) in [4.78, 5) is 54.4. The van der Waals surface area contributed by atoms with Crippen molar-refractivity contribution in [2.75, 3.05) is 83.3 Å². The summed E-state index contributed by atoms with van der Waals surface area (Å²) in [5.74, 6) is -0.966. The van der Waals surface area contributed by atoms with Crippen LogP contribution in [0, 0.1) is 5.41 Å². The van der Waals surface area contributed by atoms with Crippen molar-refractivity contribution in [3.05, 3.63) is 95.1 Å². The summed E-state index contributed by atoms with van der Waals surface area (Å²) in [7, 11) is 11.3. The van der Waals surface area contributed by atoms with Gasteiger partial charge in [-0.2, -0.15) is 0 Å². The molecule has 4 aromatic carbocycles. The molecule has 0 saturated carbocycles. The van der Waals surface area contributed by atoms with Crippen molar-refractivity contribution in [2.24, 2.45) is 5.41 Å². The van der Waals surface area contributed by atoms with Gasteiger partial charge in [-0.25, -0.2) is 19.2 Å². The van der Waals surface area contributed by atoms with E-state index in [1.54, 1.807) is 24.3 Å². The molecule has 0 fully saturated rings. The number of carbonyl (C=O) groups is 4. The fourth-order valence-electron chi connectivity index (χ4n) is 5.16. The Morgan fingerprint density at radius 1 is 0.316 bits per heavy atom. The van der Waals surface area contributed by atoms with Crippen LogP contribution < -0.4 is 37.9 Å². The summed E-state index contributed by atoms with van der Waals surface area (Å²) in [6.07, 6.45) is 0. The van der Waals surface area contributed by atoms with Gasteiger partial charge in [0.05, 0.1) is 79.1 Å². The van der Waals surface area contributed by atoms with Crippen molar-refractivity contribution < 1.29 is 76.0 Å². The highest BCUT2D eigenvalue weighted by molar-refractivity contribution is 5.92. The Morgan fingerprint density at radius 3 is 0.614 bits per heavy atom. The van der Waals surface area contributed by atoms with Gasteiger partial charge in [-0.15, -0.1) is 0 Å². The molecule has 0 heterocycles. The Kier molecular flexibility index (Phi) is 15.2. The Bertz CT molecular complexity index is 1660. The molecule has 0 atom stereocenters. The minimum Gasteiger partial charge on any atom is -0.497 e. The second-order valence-corrected chi connectivity index (χ2v) is 12.2. The van der Waals surface area contributed by atoms with E-state index in [1.807, 2.05) is 0 Å². The maximum Gasteiger partial charge on any atom is 0.338 e. The third-order valence-corrected chi connectivity index (χ3v) is 8.39. The van der Waals surface area contributed by atoms with E-state index in [2.05, 4.69) is 0 Å². The van der Waals surface area contributed by atoms with Crippen LogP contribution in [0.4, 0.5) is 0 Å². The molecule has 0 aromatic heterocycles. The molecule has 57 heavy (non-hydrogen) atoms. The van der Waals surface area contributed by atoms with Crippen LogP contribution in [0.25, 0.3) is 0 Å². The van der Waals surface area contributed by atoms with E-state index in [-0.39, 0.29) is 22.3 Å². The zero-order valence-electron chi connectivity index (χ0n) is 32.8. The predicted molar refractivity (Wildman–Crippen MR) is 202 cm³/mol. The lowest BCUT2D eigenvalue weighted by Crippen LogP contribution is -2.44. The molecule has 4 aromatic rings. The third-order valence-electron chi connectivity index (χ3n) is 8.39. The van der Waals surface area contributed by atoms with E-state index < -0.39 is 55.7 Å². The second-order valence-electron chi connectivity index (χ2n) is 12.2. The van der Waals surface area contributed by atoms with Crippen LogP contribution in [-0.2, 0) is 18.9 Å². The summed E-state index contributed by atoms with van der Waals surface area (Å²) in [5, 5.41) is 0. The van der Waals surface area contributed by atoms with Gasteiger partial charge in [-0.1, -0.05) is 0 Å². The first-order valence-corrected chi connectivity index (χ1v) is 17.0. The highest BCUT2D eigenvalue weighted by Crippen LogP contribution is 2.30. The lowest BCUT2D eigenvalue weighted by atomic mass is 9.92. The van der Waals surface area contributed by atoms with Gasteiger partial charge in [0.25, 0.3) is 0 Å². The Labute approximate surface area is 329 Å². The molecule has 0 aliphatic heterocycles. The van der Waals surface area contributed by atoms with Gasteiger partial charge in [0.2, 0.25) is 0 Å². The second kappa shape index (κ2) is 20.2. The molecule has 0 saturated heterocycles. The molecule has 0 unspecified atom stereocenters. The Hall–Kier alpha value is -6.84.